The van der Waals surface area contributed by atoms with Crippen LogP contribution in [0.3, 0.4) is 0 Å². The topological polar surface area (TPSA) is 32.3 Å². The lowest BCUT2D eigenvalue weighted by molar-refractivity contribution is -0.131. The van der Waals surface area contributed by atoms with E-state index in [2.05, 4.69) is 5.32 Å². The maximum Gasteiger partial charge on any atom is 0.239 e. The Labute approximate surface area is 117 Å². The van der Waals surface area contributed by atoms with Gasteiger partial charge in [0, 0.05) is 14.1 Å². The fourth-order valence-corrected chi connectivity index (χ4v) is 4.80. The summed E-state index contributed by atoms with van der Waals surface area (Å²) < 4.78 is 0. The Morgan fingerprint density at radius 2 is 2.00 bits per heavy atom. The van der Waals surface area contributed by atoms with Gasteiger partial charge in [-0.3, -0.25) is 4.79 Å². The lowest BCUT2D eigenvalue weighted by Crippen LogP contribution is -2.48. The fraction of sp³-hybridized carbons (Fsp3) is 0.938. The highest BCUT2D eigenvalue weighted by molar-refractivity contribution is 5.81. The minimum absolute atomic E-state index is 0.0762. The minimum atomic E-state index is 0.0762. The molecule has 2 aliphatic carbocycles. The van der Waals surface area contributed by atoms with E-state index in [-0.39, 0.29) is 11.9 Å². The Morgan fingerprint density at radius 3 is 2.63 bits per heavy atom. The van der Waals surface area contributed by atoms with E-state index in [0.717, 1.165) is 36.6 Å². The number of rotatable bonds is 3. The molecule has 0 spiro atoms. The number of carbonyl (C=O) groups excluding carboxylic acids is 1. The Balaban J connectivity index is 1.52. The normalized spacial score (nSPS) is 41.5. The van der Waals surface area contributed by atoms with Crippen LogP contribution in [-0.2, 0) is 4.79 Å². The van der Waals surface area contributed by atoms with Gasteiger partial charge < -0.3 is 10.2 Å². The Morgan fingerprint density at radius 1 is 1.16 bits per heavy atom. The summed E-state index contributed by atoms with van der Waals surface area (Å²) in [5.74, 6) is 4.10. The monoisotopic (exact) mass is 264 g/mol. The lowest BCUT2D eigenvalue weighted by Gasteiger charge is -2.34. The molecule has 1 amide bonds. The van der Waals surface area contributed by atoms with Crippen LogP contribution in [0, 0.1) is 23.7 Å². The second-order valence-electron chi connectivity index (χ2n) is 7.30. The smallest absolute Gasteiger partial charge is 0.239 e. The SMILES string of the molecule is CN(C)C(=O)C1CC(CC2CC3CCC2C3)CCN1. The second-order valence-corrected chi connectivity index (χ2v) is 7.30. The summed E-state index contributed by atoms with van der Waals surface area (Å²) >= 11 is 0. The molecule has 1 saturated heterocycles. The van der Waals surface area contributed by atoms with E-state index in [1.165, 1.54) is 38.5 Å². The van der Waals surface area contributed by atoms with Crippen molar-refractivity contribution in [3.8, 4) is 0 Å². The van der Waals surface area contributed by atoms with Gasteiger partial charge in [-0.25, -0.2) is 0 Å². The Kier molecular flexibility index (Phi) is 3.84. The lowest BCUT2D eigenvalue weighted by atomic mass is 9.78. The summed E-state index contributed by atoms with van der Waals surface area (Å²) in [4.78, 5) is 13.8. The zero-order valence-electron chi connectivity index (χ0n) is 12.4. The first-order valence-corrected chi connectivity index (χ1v) is 8.08. The molecule has 3 nitrogen and oxygen atoms in total. The molecule has 19 heavy (non-hydrogen) atoms. The van der Waals surface area contributed by atoms with Gasteiger partial charge in [0.15, 0.2) is 0 Å². The van der Waals surface area contributed by atoms with Crippen LogP contribution in [0.1, 0.15) is 44.9 Å². The second kappa shape index (κ2) is 5.43. The maximum absolute atomic E-state index is 12.1. The van der Waals surface area contributed by atoms with Crippen molar-refractivity contribution in [1.82, 2.24) is 10.2 Å². The van der Waals surface area contributed by atoms with E-state index >= 15 is 0 Å². The van der Waals surface area contributed by atoms with Gasteiger partial charge in [-0.05, 0) is 68.7 Å². The summed E-state index contributed by atoms with van der Waals surface area (Å²) in [6.45, 7) is 1.02. The molecule has 0 aromatic carbocycles. The summed E-state index contributed by atoms with van der Waals surface area (Å²) in [6.07, 6.45) is 9.70. The molecule has 1 heterocycles. The molecule has 1 N–H and O–H groups in total. The largest absolute Gasteiger partial charge is 0.347 e. The molecule has 2 saturated carbocycles. The van der Waals surface area contributed by atoms with Crippen LogP contribution in [0.25, 0.3) is 0 Å². The van der Waals surface area contributed by atoms with Crippen LogP contribution in [-0.4, -0.2) is 37.5 Å². The van der Waals surface area contributed by atoms with Crippen LogP contribution in [0.15, 0.2) is 0 Å². The van der Waals surface area contributed by atoms with E-state index in [0.29, 0.717) is 0 Å². The molecule has 0 aromatic heterocycles. The molecule has 5 unspecified atom stereocenters. The van der Waals surface area contributed by atoms with Crippen molar-refractivity contribution in [2.75, 3.05) is 20.6 Å². The molecule has 3 aliphatic rings. The summed E-state index contributed by atoms with van der Waals surface area (Å²) in [7, 11) is 3.73. The minimum Gasteiger partial charge on any atom is -0.347 e. The van der Waals surface area contributed by atoms with Gasteiger partial charge in [-0.1, -0.05) is 6.42 Å². The van der Waals surface area contributed by atoms with E-state index in [4.69, 9.17) is 0 Å². The van der Waals surface area contributed by atoms with E-state index in [1.54, 1.807) is 4.90 Å². The van der Waals surface area contributed by atoms with Crippen molar-refractivity contribution in [1.29, 1.82) is 0 Å². The summed E-state index contributed by atoms with van der Waals surface area (Å²) in [6, 6.07) is 0.0762. The third-order valence-corrected chi connectivity index (χ3v) is 5.77. The number of hydrogen-bond acceptors (Lipinski definition) is 2. The molecule has 3 heteroatoms. The molecule has 2 bridgehead atoms. The number of hydrogen-bond donors (Lipinski definition) is 1. The Hall–Kier alpha value is -0.570. The van der Waals surface area contributed by atoms with Gasteiger partial charge in [-0.2, -0.15) is 0 Å². The van der Waals surface area contributed by atoms with E-state index in [9.17, 15) is 4.79 Å². The van der Waals surface area contributed by atoms with Gasteiger partial charge in [-0.15, -0.1) is 0 Å². The number of amides is 1. The summed E-state index contributed by atoms with van der Waals surface area (Å²) in [5, 5.41) is 3.40. The first-order chi connectivity index (χ1) is 9.13. The van der Waals surface area contributed by atoms with Crippen LogP contribution in [0.5, 0.6) is 0 Å². The van der Waals surface area contributed by atoms with Crippen LogP contribution >= 0.6 is 0 Å². The third-order valence-electron chi connectivity index (χ3n) is 5.77. The highest BCUT2D eigenvalue weighted by Gasteiger charge is 2.41. The first-order valence-electron chi connectivity index (χ1n) is 8.08. The number of likely N-dealkylation sites (N-methyl/N-ethyl adjacent to an activating group) is 1. The molecule has 5 atom stereocenters. The molecule has 1 aliphatic heterocycles. The van der Waals surface area contributed by atoms with E-state index in [1.807, 2.05) is 14.1 Å². The number of fused-ring (bicyclic) bond motifs is 2. The van der Waals surface area contributed by atoms with E-state index < -0.39 is 0 Å². The first kappa shape index (κ1) is 13.4. The van der Waals surface area contributed by atoms with Gasteiger partial charge in [0.25, 0.3) is 0 Å². The molecule has 0 aromatic rings. The zero-order chi connectivity index (χ0) is 13.4. The number of carbonyl (C=O) groups is 1. The van der Waals surface area contributed by atoms with Crippen LogP contribution in [0.2, 0.25) is 0 Å². The number of nitrogens with zero attached hydrogens (tertiary/aromatic N) is 1. The highest BCUT2D eigenvalue weighted by atomic mass is 16.2. The van der Waals surface area contributed by atoms with Crippen molar-refractivity contribution >= 4 is 5.91 Å². The number of nitrogens with one attached hydrogen (secondary N) is 1. The molecular formula is C16H28N2O. The van der Waals surface area contributed by atoms with Crippen LogP contribution in [0.4, 0.5) is 0 Å². The van der Waals surface area contributed by atoms with Crippen molar-refractivity contribution in [2.24, 2.45) is 23.7 Å². The molecule has 108 valence electrons. The Bertz CT molecular complexity index is 342. The maximum atomic E-state index is 12.1. The fourth-order valence-electron chi connectivity index (χ4n) is 4.80. The molecule has 0 radical (unpaired) electrons. The molecule has 3 rings (SSSR count). The number of piperidine rings is 1. The third kappa shape index (κ3) is 2.81. The van der Waals surface area contributed by atoms with Gasteiger partial charge in [0.05, 0.1) is 6.04 Å². The van der Waals surface area contributed by atoms with Gasteiger partial charge in [0.1, 0.15) is 0 Å². The van der Waals surface area contributed by atoms with Gasteiger partial charge in [0.2, 0.25) is 5.91 Å². The highest BCUT2D eigenvalue weighted by Crippen LogP contribution is 2.51. The van der Waals surface area contributed by atoms with Crippen molar-refractivity contribution < 1.29 is 4.79 Å². The zero-order valence-corrected chi connectivity index (χ0v) is 12.4. The molecule has 3 fully saturated rings. The average Bonchev–Trinajstić information content (AvgIpc) is 3.00. The van der Waals surface area contributed by atoms with Crippen molar-refractivity contribution in [2.45, 2.75) is 51.0 Å². The average molecular weight is 264 g/mol. The van der Waals surface area contributed by atoms with Crippen molar-refractivity contribution in [3.63, 3.8) is 0 Å². The predicted octanol–water partition coefficient (Wildman–Crippen LogP) is 2.27. The predicted molar refractivity (Wildman–Crippen MR) is 76.8 cm³/mol. The molecular weight excluding hydrogens is 236 g/mol. The summed E-state index contributed by atoms with van der Waals surface area (Å²) in [5.41, 5.74) is 0. The van der Waals surface area contributed by atoms with Gasteiger partial charge >= 0.3 is 0 Å². The standard InChI is InChI=1S/C16H28N2O/c1-18(2)16(19)15-10-12(5-6-17-15)9-14-8-11-3-4-13(14)7-11/h11-15,17H,3-10H2,1-2H3. The van der Waals surface area contributed by atoms with Crippen molar-refractivity contribution in [3.05, 3.63) is 0 Å². The quantitative estimate of drug-likeness (QED) is 0.848. The van der Waals surface area contributed by atoms with Crippen LogP contribution < -0.4 is 5.32 Å².